The molecule has 4 rings (SSSR count). The van der Waals surface area contributed by atoms with Crippen LogP contribution in [0.2, 0.25) is 0 Å². The Morgan fingerprint density at radius 3 is 2.47 bits per heavy atom. The molecule has 0 aliphatic carbocycles. The van der Waals surface area contributed by atoms with Crippen molar-refractivity contribution in [3.63, 3.8) is 0 Å². The molecule has 2 heterocycles. The van der Waals surface area contributed by atoms with Crippen LogP contribution in [-0.2, 0) is 20.5 Å². The molecule has 8 heteroatoms. The van der Waals surface area contributed by atoms with E-state index in [4.69, 9.17) is 4.74 Å². The molecule has 2 aromatic carbocycles. The molecule has 0 unspecified atom stereocenters. The number of fused-ring (bicyclic) bond motifs is 1. The Morgan fingerprint density at radius 1 is 1.00 bits per heavy atom. The van der Waals surface area contributed by atoms with E-state index in [2.05, 4.69) is 10.3 Å². The van der Waals surface area contributed by atoms with E-state index in [0.717, 1.165) is 21.4 Å². The standard InChI is InChI=1S/C24H22N4O4/c1-27-21-18(23(30)28(2)24(27)31)10-11-19(26-21)22(29)25-17-9-12-20(32-3)16(14-17)13-15-7-5-4-6-8-15/h4-12,14H,13H2,1-3H3,(H,25,29). The maximum atomic E-state index is 12.9. The smallest absolute Gasteiger partial charge is 0.332 e. The van der Waals surface area contributed by atoms with Crippen LogP contribution < -0.4 is 21.3 Å². The van der Waals surface area contributed by atoms with E-state index >= 15 is 0 Å². The number of rotatable bonds is 5. The second-order valence-corrected chi connectivity index (χ2v) is 7.42. The van der Waals surface area contributed by atoms with Gasteiger partial charge >= 0.3 is 5.69 Å². The summed E-state index contributed by atoms with van der Waals surface area (Å²) in [5, 5.41) is 3.10. The summed E-state index contributed by atoms with van der Waals surface area (Å²) < 4.78 is 7.72. The van der Waals surface area contributed by atoms with E-state index in [1.165, 1.54) is 30.8 Å². The Bertz CT molecular complexity index is 1440. The molecular formula is C24H22N4O4. The van der Waals surface area contributed by atoms with E-state index in [-0.39, 0.29) is 16.7 Å². The number of nitrogens with zero attached hydrogens (tertiary/aromatic N) is 3. The normalized spacial score (nSPS) is 10.8. The molecule has 0 saturated carbocycles. The Morgan fingerprint density at radius 2 is 1.75 bits per heavy atom. The molecule has 162 valence electrons. The first-order valence-corrected chi connectivity index (χ1v) is 9.98. The molecule has 0 fully saturated rings. The van der Waals surface area contributed by atoms with Crippen LogP contribution in [0.25, 0.3) is 11.0 Å². The second-order valence-electron chi connectivity index (χ2n) is 7.42. The van der Waals surface area contributed by atoms with Crippen LogP contribution in [0.4, 0.5) is 5.69 Å². The van der Waals surface area contributed by atoms with Crippen molar-refractivity contribution in [1.82, 2.24) is 14.1 Å². The topological polar surface area (TPSA) is 95.2 Å². The lowest BCUT2D eigenvalue weighted by Crippen LogP contribution is -2.37. The number of amides is 1. The van der Waals surface area contributed by atoms with Gasteiger partial charge in [-0.3, -0.25) is 18.7 Å². The molecule has 0 saturated heterocycles. The summed E-state index contributed by atoms with van der Waals surface area (Å²) in [4.78, 5) is 41.6. The first kappa shape index (κ1) is 21.0. The van der Waals surface area contributed by atoms with Gasteiger partial charge in [0.25, 0.3) is 11.5 Å². The average molecular weight is 430 g/mol. The summed E-state index contributed by atoms with van der Waals surface area (Å²) in [6, 6.07) is 18.3. The van der Waals surface area contributed by atoms with Gasteiger partial charge in [-0.25, -0.2) is 9.78 Å². The van der Waals surface area contributed by atoms with E-state index in [1.54, 1.807) is 19.2 Å². The Kier molecular flexibility index (Phi) is 5.59. The summed E-state index contributed by atoms with van der Waals surface area (Å²) in [5.41, 5.74) is 1.92. The molecule has 0 atom stereocenters. The monoisotopic (exact) mass is 430 g/mol. The minimum Gasteiger partial charge on any atom is -0.496 e. The zero-order chi connectivity index (χ0) is 22.8. The first-order chi connectivity index (χ1) is 15.4. The van der Waals surface area contributed by atoms with Crippen LogP contribution >= 0.6 is 0 Å². The zero-order valence-electron chi connectivity index (χ0n) is 18.0. The van der Waals surface area contributed by atoms with Gasteiger partial charge in [0.2, 0.25) is 0 Å². The molecule has 0 spiro atoms. The third kappa shape index (κ3) is 3.90. The lowest BCUT2D eigenvalue weighted by molar-refractivity contribution is 0.102. The molecule has 4 aromatic rings. The number of hydrogen-bond donors (Lipinski definition) is 1. The molecule has 1 N–H and O–H groups in total. The highest BCUT2D eigenvalue weighted by Gasteiger charge is 2.15. The van der Waals surface area contributed by atoms with Crippen LogP contribution in [0.5, 0.6) is 5.75 Å². The Balaban J connectivity index is 1.65. The van der Waals surface area contributed by atoms with Gasteiger partial charge in [-0.15, -0.1) is 0 Å². The van der Waals surface area contributed by atoms with Crippen LogP contribution in [0.15, 0.2) is 70.3 Å². The van der Waals surface area contributed by atoms with E-state index < -0.39 is 17.2 Å². The number of carbonyl (C=O) groups is 1. The molecule has 8 nitrogen and oxygen atoms in total. The van der Waals surface area contributed by atoms with Gasteiger partial charge in [0.1, 0.15) is 17.1 Å². The van der Waals surface area contributed by atoms with E-state index in [9.17, 15) is 14.4 Å². The maximum absolute atomic E-state index is 12.9. The van der Waals surface area contributed by atoms with Gasteiger partial charge in [0, 0.05) is 31.8 Å². The van der Waals surface area contributed by atoms with Gasteiger partial charge in [-0.2, -0.15) is 0 Å². The minimum atomic E-state index is -0.506. The molecule has 2 aromatic heterocycles. The summed E-state index contributed by atoms with van der Waals surface area (Å²) >= 11 is 0. The molecule has 0 aliphatic heterocycles. The third-order valence-corrected chi connectivity index (χ3v) is 5.31. The predicted octanol–water partition coefficient (Wildman–Crippen LogP) is 2.48. The first-order valence-electron chi connectivity index (χ1n) is 9.98. The van der Waals surface area contributed by atoms with Crippen molar-refractivity contribution in [3.8, 4) is 5.75 Å². The number of anilines is 1. The number of aryl methyl sites for hydroxylation is 1. The highest BCUT2D eigenvalue weighted by Crippen LogP contribution is 2.25. The Hall–Kier alpha value is -4.20. The molecule has 0 aliphatic rings. The second kappa shape index (κ2) is 8.50. The van der Waals surface area contributed by atoms with Gasteiger partial charge < -0.3 is 10.1 Å². The Labute approximate surface area is 183 Å². The van der Waals surface area contributed by atoms with Gasteiger partial charge in [-0.05, 0) is 35.9 Å². The highest BCUT2D eigenvalue weighted by molar-refractivity contribution is 6.03. The van der Waals surface area contributed by atoms with Crippen LogP contribution in [-0.4, -0.2) is 27.1 Å². The van der Waals surface area contributed by atoms with Gasteiger partial charge in [0.15, 0.2) is 0 Å². The largest absolute Gasteiger partial charge is 0.496 e. The van der Waals surface area contributed by atoms with Crippen LogP contribution in [0.3, 0.4) is 0 Å². The van der Waals surface area contributed by atoms with Crippen molar-refractivity contribution in [2.45, 2.75) is 6.42 Å². The molecule has 0 radical (unpaired) electrons. The van der Waals surface area contributed by atoms with Crippen LogP contribution in [0, 0.1) is 0 Å². The van der Waals surface area contributed by atoms with Crippen molar-refractivity contribution in [3.05, 3.63) is 98.3 Å². The summed E-state index contributed by atoms with van der Waals surface area (Å²) in [6.07, 6.45) is 0.646. The van der Waals surface area contributed by atoms with Crippen molar-refractivity contribution in [1.29, 1.82) is 0 Å². The molecule has 0 bridgehead atoms. The number of benzene rings is 2. The summed E-state index contributed by atoms with van der Waals surface area (Å²) in [5.74, 6) is 0.275. The van der Waals surface area contributed by atoms with Crippen molar-refractivity contribution in [2.75, 3.05) is 12.4 Å². The summed E-state index contributed by atoms with van der Waals surface area (Å²) in [6.45, 7) is 0. The van der Waals surface area contributed by atoms with E-state index in [1.807, 2.05) is 36.4 Å². The lowest BCUT2D eigenvalue weighted by atomic mass is 10.0. The summed E-state index contributed by atoms with van der Waals surface area (Å²) in [7, 11) is 4.52. The number of ether oxygens (including phenoxy) is 1. The number of nitrogens with one attached hydrogen (secondary N) is 1. The zero-order valence-corrected chi connectivity index (χ0v) is 18.0. The lowest BCUT2D eigenvalue weighted by Gasteiger charge is -2.12. The van der Waals surface area contributed by atoms with Crippen molar-refractivity contribution in [2.24, 2.45) is 14.1 Å². The molecule has 32 heavy (non-hydrogen) atoms. The highest BCUT2D eigenvalue weighted by atomic mass is 16.5. The average Bonchev–Trinajstić information content (AvgIpc) is 2.82. The molecular weight excluding hydrogens is 408 g/mol. The minimum absolute atomic E-state index is 0.0983. The predicted molar refractivity (Wildman–Crippen MR) is 122 cm³/mol. The number of aromatic nitrogens is 3. The van der Waals surface area contributed by atoms with Gasteiger partial charge in [-0.1, -0.05) is 30.3 Å². The fourth-order valence-electron chi connectivity index (χ4n) is 3.59. The third-order valence-electron chi connectivity index (χ3n) is 5.31. The fourth-order valence-corrected chi connectivity index (χ4v) is 3.59. The fraction of sp³-hybridized carbons (Fsp3) is 0.167. The number of methoxy groups -OCH3 is 1. The van der Waals surface area contributed by atoms with E-state index in [0.29, 0.717) is 12.1 Å². The SMILES string of the molecule is COc1ccc(NC(=O)c2ccc3c(=O)n(C)c(=O)n(C)c3n2)cc1Cc1ccccc1. The number of carbonyl (C=O) groups excluding carboxylic acids is 1. The number of pyridine rings is 1. The maximum Gasteiger partial charge on any atom is 0.332 e. The molecule has 1 amide bonds. The van der Waals surface area contributed by atoms with Crippen molar-refractivity contribution < 1.29 is 9.53 Å². The van der Waals surface area contributed by atoms with Crippen molar-refractivity contribution >= 4 is 22.6 Å². The van der Waals surface area contributed by atoms with Gasteiger partial charge in [0.05, 0.1) is 12.5 Å². The van der Waals surface area contributed by atoms with Crippen LogP contribution in [0.1, 0.15) is 21.6 Å². The quantitative estimate of drug-likeness (QED) is 0.525. The number of hydrogen-bond acceptors (Lipinski definition) is 5.